The van der Waals surface area contributed by atoms with Crippen molar-refractivity contribution < 1.29 is 0 Å². The molecule has 4 heteroatoms. The smallest absolute Gasteiger partial charge is 0.0931 e. The Labute approximate surface area is 125 Å². The molecule has 2 rings (SSSR count). The lowest BCUT2D eigenvalue weighted by atomic mass is 9.70. The second-order valence-electron chi connectivity index (χ2n) is 5.72. The molecule has 1 saturated carbocycles. The first-order valence-electron chi connectivity index (χ1n) is 7.28. The minimum atomic E-state index is 0.184. The molecule has 0 saturated heterocycles. The molecule has 0 bridgehead atoms. The summed E-state index contributed by atoms with van der Waals surface area (Å²) in [7, 11) is 2.23. The van der Waals surface area contributed by atoms with Gasteiger partial charge in [0.1, 0.15) is 0 Å². The maximum atomic E-state index is 6.20. The Kier molecular flexibility index (Phi) is 5.29. The van der Waals surface area contributed by atoms with E-state index in [1.54, 1.807) is 11.3 Å². The highest BCUT2D eigenvalue weighted by molar-refractivity contribution is 7.16. The van der Waals surface area contributed by atoms with Crippen molar-refractivity contribution in [3.63, 3.8) is 0 Å². The Morgan fingerprint density at radius 3 is 2.84 bits per heavy atom. The van der Waals surface area contributed by atoms with Gasteiger partial charge in [-0.25, -0.2) is 0 Å². The lowest BCUT2D eigenvalue weighted by Crippen LogP contribution is -2.58. The molecule has 2 N–H and O–H groups in total. The van der Waals surface area contributed by atoms with Crippen molar-refractivity contribution in [1.82, 2.24) is 4.90 Å². The van der Waals surface area contributed by atoms with Gasteiger partial charge in [0.05, 0.1) is 4.34 Å². The monoisotopic (exact) mass is 300 g/mol. The number of rotatable bonds is 5. The number of hydrogen-bond donors (Lipinski definition) is 1. The fourth-order valence-electron chi connectivity index (χ4n) is 3.63. The van der Waals surface area contributed by atoms with Crippen LogP contribution in [0.25, 0.3) is 0 Å². The third-order valence-electron chi connectivity index (χ3n) is 4.80. The maximum absolute atomic E-state index is 6.20. The van der Waals surface area contributed by atoms with Gasteiger partial charge in [-0.1, -0.05) is 37.8 Å². The van der Waals surface area contributed by atoms with E-state index in [1.165, 1.54) is 37.0 Å². The van der Waals surface area contributed by atoms with Gasteiger partial charge in [-0.3, -0.25) is 4.90 Å². The average molecular weight is 301 g/mol. The van der Waals surface area contributed by atoms with E-state index in [-0.39, 0.29) is 5.54 Å². The van der Waals surface area contributed by atoms with E-state index in [1.807, 2.05) is 6.07 Å². The van der Waals surface area contributed by atoms with E-state index >= 15 is 0 Å². The Morgan fingerprint density at radius 1 is 1.47 bits per heavy atom. The lowest BCUT2D eigenvalue weighted by molar-refractivity contribution is 0.0184. The zero-order valence-corrected chi connectivity index (χ0v) is 13.6. The van der Waals surface area contributed by atoms with Crippen molar-refractivity contribution in [2.75, 3.05) is 13.6 Å². The van der Waals surface area contributed by atoms with E-state index in [4.69, 9.17) is 17.3 Å². The molecule has 1 aliphatic carbocycles. The summed E-state index contributed by atoms with van der Waals surface area (Å²) in [6.45, 7) is 4.03. The first-order valence-corrected chi connectivity index (χ1v) is 8.47. The van der Waals surface area contributed by atoms with Crippen molar-refractivity contribution in [2.24, 2.45) is 11.7 Å². The van der Waals surface area contributed by atoms with Crippen LogP contribution in [0.2, 0.25) is 4.34 Å². The number of hydrogen-bond acceptors (Lipinski definition) is 3. The molecule has 0 amide bonds. The van der Waals surface area contributed by atoms with Gasteiger partial charge in [0.2, 0.25) is 0 Å². The molecule has 0 aromatic carbocycles. The van der Waals surface area contributed by atoms with Crippen molar-refractivity contribution in [2.45, 2.75) is 51.1 Å². The Morgan fingerprint density at radius 2 is 2.26 bits per heavy atom. The van der Waals surface area contributed by atoms with Gasteiger partial charge >= 0.3 is 0 Å². The van der Waals surface area contributed by atoms with Crippen LogP contribution in [-0.2, 0) is 6.54 Å². The van der Waals surface area contributed by atoms with Crippen LogP contribution in [0.1, 0.15) is 43.9 Å². The third kappa shape index (κ3) is 3.15. The number of nitrogens with two attached hydrogens (primary N) is 1. The van der Waals surface area contributed by atoms with Crippen molar-refractivity contribution in [1.29, 1.82) is 0 Å². The Balaban J connectivity index is 2.14. The summed E-state index contributed by atoms with van der Waals surface area (Å²) in [5, 5.41) is 0. The zero-order chi connectivity index (χ0) is 13.9. The van der Waals surface area contributed by atoms with Gasteiger partial charge in [0, 0.05) is 23.5 Å². The molecule has 2 unspecified atom stereocenters. The van der Waals surface area contributed by atoms with Crippen LogP contribution in [0.15, 0.2) is 12.1 Å². The normalized spacial score (nSPS) is 27.9. The summed E-state index contributed by atoms with van der Waals surface area (Å²) in [5.41, 5.74) is 6.38. The third-order valence-corrected chi connectivity index (χ3v) is 6.02. The van der Waals surface area contributed by atoms with Gasteiger partial charge in [0.15, 0.2) is 0 Å². The largest absolute Gasteiger partial charge is 0.329 e. The zero-order valence-electron chi connectivity index (χ0n) is 12.0. The van der Waals surface area contributed by atoms with Gasteiger partial charge in [-0.05, 0) is 37.9 Å². The average Bonchev–Trinajstić information content (AvgIpc) is 2.83. The van der Waals surface area contributed by atoms with Gasteiger partial charge in [-0.2, -0.15) is 0 Å². The van der Waals surface area contributed by atoms with Crippen LogP contribution >= 0.6 is 22.9 Å². The second-order valence-corrected chi connectivity index (χ2v) is 7.52. The number of likely N-dealkylation sites (N-methyl/N-ethyl adjacent to an activating group) is 1. The van der Waals surface area contributed by atoms with Crippen LogP contribution in [-0.4, -0.2) is 24.0 Å². The van der Waals surface area contributed by atoms with E-state index < -0.39 is 0 Å². The molecule has 0 aliphatic heterocycles. The molecular weight excluding hydrogens is 276 g/mol. The number of thiophene rings is 1. The molecule has 19 heavy (non-hydrogen) atoms. The highest BCUT2D eigenvalue weighted by Gasteiger charge is 2.41. The maximum Gasteiger partial charge on any atom is 0.0931 e. The summed E-state index contributed by atoms with van der Waals surface area (Å²) >= 11 is 7.71. The molecule has 2 atom stereocenters. The van der Waals surface area contributed by atoms with Crippen molar-refractivity contribution in [3.8, 4) is 0 Å². The predicted octanol–water partition coefficient (Wildman–Crippen LogP) is 4.13. The quantitative estimate of drug-likeness (QED) is 0.886. The van der Waals surface area contributed by atoms with Crippen LogP contribution in [0, 0.1) is 5.92 Å². The minimum Gasteiger partial charge on any atom is -0.329 e. The van der Waals surface area contributed by atoms with E-state index in [2.05, 4.69) is 24.9 Å². The highest BCUT2D eigenvalue weighted by atomic mass is 35.5. The Bertz CT molecular complexity index is 407. The summed E-state index contributed by atoms with van der Waals surface area (Å²) in [5.74, 6) is 0.728. The van der Waals surface area contributed by atoms with Crippen LogP contribution < -0.4 is 5.73 Å². The fourth-order valence-corrected chi connectivity index (χ4v) is 4.77. The first kappa shape index (κ1) is 15.3. The number of halogens is 1. The second kappa shape index (κ2) is 6.57. The summed E-state index contributed by atoms with van der Waals surface area (Å²) in [6.07, 6.45) is 6.45. The minimum absolute atomic E-state index is 0.184. The van der Waals surface area contributed by atoms with Gasteiger partial charge in [0.25, 0.3) is 0 Å². The highest BCUT2D eigenvalue weighted by Crippen LogP contribution is 2.40. The molecule has 1 aliphatic rings. The van der Waals surface area contributed by atoms with Gasteiger partial charge in [-0.15, -0.1) is 11.3 Å². The van der Waals surface area contributed by atoms with E-state index in [0.717, 1.165) is 23.3 Å². The molecule has 2 nitrogen and oxygen atoms in total. The Hall–Kier alpha value is -0.0900. The fraction of sp³-hybridized carbons (Fsp3) is 0.733. The standard InChI is InChI=1S/C15H25ClN2S/c1-3-12-6-4-5-9-15(12,11-17)18(2)10-13-7-8-14(16)19-13/h7-8,12H,3-6,9-11,17H2,1-2H3. The predicted molar refractivity (Wildman–Crippen MR) is 84.8 cm³/mol. The molecule has 0 spiro atoms. The van der Waals surface area contributed by atoms with Crippen molar-refractivity contribution in [3.05, 3.63) is 21.3 Å². The first-order chi connectivity index (χ1) is 9.12. The topological polar surface area (TPSA) is 29.3 Å². The van der Waals surface area contributed by atoms with E-state index in [0.29, 0.717) is 0 Å². The molecule has 1 heterocycles. The molecule has 1 aromatic heterocycles. The summed E-state index contributed by atoms with van der Waals surface area (Å²) in [4.78, 5) is 3.82. The van der Waals surface area contributed by atoms with E-state index in [9.17, 15) is 0 Å². The molecule has 108 valence electrons. The molecular formula is C15H25ClN2S. The van der Waals surface area contributed by atoms with Gasteiger partial charge < -0.3 is 5.73 Å². The SMILES string of the molecule is CCC1CCCCC1(CN)N(C)Cc1ccc(Cl)s1. The molecule has 1 fully saturated rings. The summed E-state index contributed by atoms with van der Waals surface area (Å²) < 4.78 is 0.876. The molecule has 0 radical (unpaired) electrons. The van der Waals surface area contributed by atoms with Crippen LogP contribution in [0.3, 0.4) is 0 Å². The van der Waals surface area contributed by atoms with Crippen LogP contribution in [0.4, 0.5) is 0 Å². The van der Waals surface area contributed by atoms with Crippen LogP contribution in [0.5, 0.6) is 0 Å². The molecule has 1 aromatic rings. The summed E-state index contributed by atoms with van der Waals surface area (Å²) in [6, 6.07) is 4.13. The number of nitrogens with zero attached hydrogens (tertiary/aromatic N) is 1. The van der Waals surface area contributed by atoms with Crippen molar-refractivity contribution >= 4 is 22.9 Å². The lowest BCUT2D eigenvalue weighted by Gasteiger charge is -2.49.